The Hall–Kier alpha value is -2.74. The van der Waals surface area contributed by atoms with Crippen molar-refractivity contribution < 1.29 is 14.3 Å². The molecule has 1 aliphatic heterocycles. The summed E-state index contributed by atoms with van der Waals surface area (Å²) in [7, 11) is 1.86. The second-order valence-electron chi connectivity index (χ2n) is 8.93. The molecule has 172 valence electrons. The molecule has 0 spiro atoms. The van der Waals surface area contributed by atoms with Crippen molar-refractivity contribution in [1.82, 2.24) is 24.6 Å². The van der Waals surface area contributed by atoms with Crippen molar-refractivity contribution in [3.05, 3.63) is 48.0 Å². The highest BCUT2D eigenvalue weighted by Crippen LogP contribution is 2.25. The molecular weight excluding hydrogens is 406 g/mol. The zero-order chi connectivity index (χ0) is 22.3. The Morgan fingerprint density at radius 3 is 2.72 bits per heavy atom. The van der Waals surface area contributed by atoms with Gasteiger partial charge in [-0.25, -0.2) is 0 Å². The lowest BCUT2D eigenvalue weighted by Crippen LogP contribution is -2.46. The fourth-order valence-corrected chi connectivity index (χ4v) is 4.69. The summed E-state index contributed by atoms with van der Waals surface area (Å²) in [6, 6.07) is 4.12. The van der Waals surface area contributed by atoms with Gasteiger partial charge in [0.25, 0.3) is 0 Å². The van der Waals surface area contributed by atoms with E-state index in [-0.39, 0.29) is 30.5 Å². The molecule has 2 aromatic heterocycles. The molecule has 1 aliphatic carbocycles. The van der Waals surface area contributed by atoms with Gasteiger partial charge in [-0.1, -0.05) is 25.3 Å². The molecule has 0 aromatic carbocycles. The molecule has 1 unspecified atom stereocenters. The first-order valence-corrected chi connectivity index (χ1v) is 11.6. The van der Waals surface area contributed by atoms with Crippen LogP contribution in [-0.2, 0) is 34.4 Å². The summed E-state index contributed by atoms with van der Waals surface area (Å²) in [5.41, 5.74) is 2.01. The van der Waals surface area contributed by atoms with Crippen LogP contribution in [0.2, 0.25) is 0 Å². The van der Waals surface area contributed by atoms with Crippen molar-refractivity contribution in [3.8, 4) is 0 Å². The summed E-state index contributed by atoms with van der Waals surface area (Å²) in [4.78, 5) is 34.0. The van der Waals surface area contributed by atoms with Crippen molar-refractivity contribution in [2.75, 3.05) is 19.6 Å². The Morgan fingerprint density at radius 1 is 1.16 bits per heavy atom. The molecule has 3 heterocycles. The van der Waals surface area contributed by atoms with Crippen molar-refractivity contribution in [2.24, 2.45) is 7.05 Å². The number of carbonyl (C=O) groups is 2. The zero-order valence-electron chi connectivity index (χ0n) is 18.9. The van der Waals surface area contributed by atoms with E-state index in [1.54, 1.807) is 28.2 Å². The van der Waals surface area contributed by atoms with E-state index < -0.39 is 0 Å². The second kappa shape index (κ2) is 10.7. The van der Waals surface area contributed by atoms with Gasteiger partial charge in [-0.15, -0.1) is 0 Å². The van der Waals surface area contributed by atoms with Crippen LogP contribution < -0.4 is 0 Å². The van der Waals surface area contributed by atoms with E-state index in [0.29, 0.717) is 32.5 Å². The van der Waals surface area contributed by atoms with Gasteiger partial charge in [0, 0.05) is 51.2 Å². The SMILES string of the molecule is Cn1cc(CCC(=O)N2CC(=O)N(C3CCCCC3)CC(OCc3cccnc3)C2)cn1. The zero-order valence-corrected chi connectivity index (χ0v) is 18.9. The highest BCUT2D eigenvalue weighted by Gasteiger charge is 2.34. The maximum Gasteiger partial charge on any atom is 0.242 e. The summed E-state index contributed by atoms with van der Waals surface area (Å²) in [5, 5.41) is 4.17. The molecule has 1 saturated heterocycles. The molecule has 8 nitrogen and oxygen atoms in total. The van der Waals surface area contributed by atoms with Gasteiger partial charge in [0.2, 0.25) is 11.8 Å². The molecule has 1 atom stereocenters. The van der Waals surface area contributed by atoms with E-state index in [2.05, 4.69) is 10.1 Å². The molecule has 2 aromatic rings. The van der Waals surface area contributed by atoms with Gasteiger partial charge in [0.05, 0.1) is 25.5 Å². The van der Waals surface area contributed by atoms with Gasteiger partial charge in [0.15, 0.2) is 0 Å². The molecule has 2 amide bonds. The fraction of sp³-hybridized carbons (Fsp3) is 0.583. The van der Waals surface area contributed by atoms with Gasteiger partial charge in [-0.05, 0) is 36.5 Å². The molecule has 4 rings (SSSR count). The minimum absolute atomic E-state index is 0.0114. The van der Waals surface area contributed by atoms with Gasteiger partial charge in [-0.2, -0.15) is 5.10 Å². The molecule has 8 heteroatoms. The van der Waals surface area contributed by atoms with Crippen molar-refractivity contribution in [2.45, 2.75) is 63.7 Å². The summed E-state index contributed by atoms with van der Waals surface area (Å²) in [6.45, 7) is 1.52. The lowest BCUT2D eigenvalue weighted by molar-refractivity contribution is -0.140. The number of amides is 2. The van der Waals surface area contributed by atoms with Crippen molar-refractivity contribution in [1.29, 1.82) is 0 Å². The molecule has 32 heavy (non-hydrogen) atoms. The third kappa shape index (κ3) is 5.94. The van der Waals surface area contributed by atoms with Gasteiger partial charge < -0.3 is 14.5 Å². The number of rotatable bonds is 7. The highest BCUT2D eigenvalue weighted by atomic mass is 16.5. The minimum Gasteiger partial charge on any atom is -0.370 e. The summed E-state index contributed by atoms with van der Waals surface area (Å²) in [5.74, 6) is 0.0294. The number of aromatic nitrogens is 3. The number of ether oxygens (including phenoxy) is 1. The Bertz CT molecular complexity index is 894. The first kappa shape index (κ1) is 22.5. The van der Waals surface area contributed by atoms with E-state index in [0.717, 1.165) is 36.8 Å². The number of pyridine rings is 1. The molecule has 2 aliphatic rings. The predicted octanol–water partition coefficient (Wildman–Crippen LogP) is 2.34. The van der Waals surface area contributed by atoms with E-state index in [1.165, 1.54) is 6.42 Å². The van der Waals surface area contributed by atoms with Crippen LogP contribution in [-0.4, -0.2) is 68.2 Å². The smallest absolute Gasteiger partial charge is 0.242 e. The maximum atomic E-state index is 13.2. The molecule has 0 bridgehead atoms. The summed E-state index contributed by atoms with van der Waals surface area (Å²) in [6.07, 6.45) is 13.6. The Balaban J connectivity index is 1.43. The van der Waals surface area contributed by atoms with Gasteiger partial charge in [-0.3, -0.25) is 19.3 Å². The minimum atomic E-state index is -0.217. The fourth-order valence-electron chi connectivity index (χ4n) is 4.69. The molecular formula is C24H33N5O3. The molecule has 0 radical (unpaired) electrons. The van der Waals surface area contributed by atoms with Crippen molar-refractivity contribution >= 4 is 11.8 Å². The van der Waals surface area contributed by atoms with Crippen LogP contribution in [0, 0.1) is 0 Å². The molecule has 0 N–H and O–H groups in total. The predicted molar refractivity (Wildman–Crippen MR) is 120 cm³/mol. The van der Waals surface area contributed by atoms with Crippen molar-refractivity contribution in [3.63, 3.8) is 0 Å². The van der Waals surface area contributed by atoms with E-state index in [1.807, 2.05) is 30.3 Å². The third-order valence-corrected chi connectivity index (χ3v) is 6.43. The van der Waals surface area contributed by atoms with Gasteiger partial charge >= 0.3 is 0 Å². The lowest BCUT2D eigenvalue weighted by atomic mass is 9.94. The van der Waals surface area contributed by atoms with Gasteiger partial charge in [0.1, 0.15) is 0 Å². The third-order valence-electron chi connectivity index (χ3n) is 6.43. The van der Waals surface area contributed by atoms with Crippen LogP contribution in [0.4, 0.5) is 0 Å². The largest absolute Gasteiger partial charge is 0.370 e. The van der Waals surface area contributed by atoms with E-state index in [9.17, 15) is 9.59 Å². The first-order chi connectivity index (χ1) is 15.6. The number of hydrogen-bond donors (Lipinski definition) is 0. The number of nitrogens with zero attached hydrogens (tertiary/aromatic N) is 5. The van der Waals surface area contributed by atoms with E-state index in [4.69, 9.17) is 4.74 Å². The molecule has 1 saturated carbocycles. The average molecular weight is 440 g/mol. The first-order valence-electron chi connectivity index (χ1n) is 11.6. The Morgan fingerprint density at radius 2 is 2.00 bits per heavy atom. The topological polar surface area (TPSA) is 80.6 Å². The Kier molecular flexibility index (Phi) is 7.52. The average Bonchev–Trinajstić information content (AvgIpc) is 3.16. The van der Waals surface area contributed by atoms with Crippen LogP contribution in [0.1, 0.15) is 49.7 Å². The van der Waals surface area contributed by atoms with Crippen LogP contribution >= 0.6 is 0 Å². The quantitative estimate of drug-likeness (QED) is 0.662. The number of hydrogen-bond acceptors (Lipinski definition) is 5. The van der Waals surface area contributed by atoms with Crippen LogP contribution in [0.25, 0.3) is 0 Å². The lowest BCUT2D eigenvalue weighted by Gasteiger charge is -2.34. The van der Waals surface area contributed by atoms with E-state index >= 15 is 0 Å². The summed E-state index contributed by atoms with van der Waals surface area (Å²) < 4.78 is 7.96. The standard InChI is InChI=1S/C24H33N5O3/c1-27-14-19(13-26-27)9-10-23(30)28-15-22(32-18-20-6-5-11-25-12-20)16-29(24(31)17-28)21-7-3-2-4-8-21/h5-6,11-14,21-22H,2-4,7-10,15-18H2,1H3. The normalized spacial score (nSPS) is 20.4. The second-order valence-corrected chi connectivity index (χ2v) is 8.93. The molecule has 2 fully saturated rings. The van der Waals surface area contributed by atoms with Crippen LogP contribution in [0.15, 0.2) is 36.9 Å². The number of aryl methyl sites for hydroxylation is 2. The maximum absolute atomic E-state index is 13.2. The highest BCUT2D eigenvalue weighted by molar-refractivity contribution is 5.85. The monoisotopic (exact) mass is 439 g/mol. The number of carbonyl (C=O) groups excluding carboxylic acids is 2. The van der Waals surface area contributed by atoms with Crippen LogP contribution in [0.3, 0.4) is 0 Å². The van der Waals surface area contributed by atoms with Crippen LogP contribution in [0.5, 0.6) is 0 Å². The Labute approximate surface area is 189 Å². The summed E-state index contributed by atoms with van der Waals surface area (Å²) >= 11 is 0.